The third-order valence-electron chi connectivity index (χ3n) is 5.20. The molecule has 0 amide bonds. The maximum absolute atomic E-state index is 13.2. The molecule has 1 aliphatic rings. The third kappa shape index (κ3) is 3.14. The van der Waals surface area contributed by atoms with Gasteiger partial charge in [0.2, 0.25) is 0 Å². The van der Waals surface area contributed by atoms with Crippen LogP contribution in [0.25, 0.3) is 0 Å². The number of rotatable bonds is 6. The predicted octanol–water partition coefficient (Wildman–Crippen LogP) is 5.40. The maximum Gasteiger partial charge on any atom is 0.310 e. The van der Waals surface area contributed by atoms with Gasteiger partial charge >= 0.3 is 5.97 Å². The van der Waals surface area contributed by atoms with E-state index in [1.807, 2.05) is 13.8 Å². The van der Waals surface area contributed by atoms with Gasteiger partial charge in [0.15, 0.2) is 0 Å². The lowest BCUT2D eigenvalue weighted by atomic mass is 10.0. The summed E-state index contributed by atoms with van der Waals surface area (Å²) in [6.07, 6.45) is 2.42. The monoisotopic (exact) mass is 358 g/mol. The molecule has 0 N–H and O–H groups in total. The second-order valence-electron chi connectivity index (χ2n) is 6.84. The van der Waals surface area contributed by atoms with Crippen LogP contribution in [0, 0.1) is 16.7 Å². The van der Waals surface area contributed by atoms with Gasteiger partial charge in [-0.3, -0.25) is 9.18 Å². The molecule has 23 heavy (non-hydrogen) atoms. The molecule has 0 aliphatic heterocycles. The number of alkyl halides is 1. The van der Waals surface area contributed by atoms with Crippen LogP contribution in [0.15, 0.2) is 24.8 Å². The Morgan fingerprint density at radius 3 is 2.35 bits per heavy atom. The highest BCUT2D eigenvalue weighted by Crippen LogP contribution is 2.69. The van der Waals surface area contributed by atoms with Crippen molar-refractivity contribution in [3.8, 4) is 0 Å². The van der Waals surface area contributed by atoms with Crippen molar-refractivity contribution >= 4 is 29.2 Å². The molecule has 0 saturated heterocycles. The Morgan fingerprint density at radius 2 is 1.91 bits per heavy atom. The fraction of sp³-hybridized carbons (Fsp3) is 0.500. The van der Waals surface area contributed by atoms with Crippen molar-refractivity contribution in [2.75, 3.05) is 6.67 Å². The first kappa shape index (κ1) is 18.3. The molecule has 2 atom stereocenters. The van der Waals surface area contributed by atoms with Gasteiger partial charge in [0.05, 0.1) is 12.6 Å². The summed E-state index contributed by atoms with van der Waals surface area (Å²) in [5, 5.41) is 0.899. The second kappa shape index (κ2) is 6.45. The molecule has 2 unspecified atom stereocenters. The summed E-state index contributed by atoms with van der Waals surface area (Å²) in [6.45, 7) is 8.64. The molecular formula is C18H21Cl2FO2. The van der Waals surface area contributed by atoms with Gasteiger partial charge in [-0.15, -0.1) is 6.58 Å². The van der Waals surface area contributed by atoms with Crippen LogP contribution in [0.3, 0.4) is 0 Å². The van der Waals surface area contributed by atoms with Gasteiger partial charge in [-0.1, -0.05) is 50.0 Å². The number of halogens is 3. The summed E-state index contributed by atoms with van der Waals surface area (Å²) < 4.78 is 18.6. The predicted molar refractivity (Wildman–Crippen MR) is 91.5 cm³/mol. The summed E-state index contributed by atoms with van der Waals surface area (Å²) in [7, 11) is 0. The highest BCUT2D eigenvalue weighted by molar-refractivity contribution is 6.36. The number of hydrogen-bond donors (Lipinski definition) is 0. The summed E-state index contributed by atoms with van der Waals surface area (Å²) >= 11 is 12.4. The molecule has 1 saturated carbocycles. The molecule has 1 aromatic carbocycles. The molecule has 1 aromatic rings. The van der Waals surface area contributed by atoms with E-state index in [0.29, 0.717) is 22.0 Å². The molecule has 2 rings (SSSR count). The normalized spacial score (nSPS) is 25.0. The zero-order valence-corrected chi connectivity index (χ0v) is 15.1. The number of ether oxygens (including phenoxy) is 1. The lowest BCUT2D eigenvalue weighted by Crippen LogP contribution is -2.13. The van der Waals surface area contributed by atoms with Crippen molar-refractivity contribution in [3.63, 3.8) is 0 Å². The van der Waals surface area contributed by atoms with Gasteiger partial charge < -0.3 is 4.74 Å². The van der Waals surface area contributed by atoms with Crippen LogP contribution < -0.4 is 0 Å². The highest BCUT2D eigenvalue weighted by Gasteiger charge is 2.72. The van der Waals surface area contributed by atoms with E-state index in [0.717, 1.165) is 5.56 Å². The van der Waals surface area contributed by atoms with Gasteiger partial charge in [-0.2, -0.15) is 0 Å². The van der Waals surface area contributed by atoms with Crippen LogP contribution >= 0.6 is 23.2 Å². The Hall–Kier alpha value is -1.06. The van der Waals surface area contributed by atoms with Crippen LogP contribution in [0.4, 0.5) is 4.39 Å². The van der Waals surface area contributed by atoms with E-state index >= 15 is 0 Å². The highest BCUT2D eigenvalue weighted by atomic mass is 35.5. The van der Waals surface area contributed by atoms with Crippen molar-refractivity contribution in [2.24, 2.45) is 16.7 Å². The minimum absolute atomic E-state index is 0.0141. The second-order valence-corrected chi connectivity index (χ2v) is 7.66. The van der Waals surface area contributed by atoms with Crippen molar-refractivity contribution in [3.05, 3.63) is 46.0 Å². The molecule has 1 aliphatic carbocycles. The summed E-state index contributed by atoms with van der Waals surface area (Å²) in [6, 6.07) is 3.57. The van der Waals surface area contributed by atoms with Crippen LogP contribution in [0.1, 0.15) is 31.9 Å². The van der Waals surface area contributed by atoms with Gasteiger partial charge in [-0.25, -0.2) is 0 Å². The molecule has 5 heteroatoms. The zero-order chi connectivity index (χ0) is 17.4. The Bertz CT molecular complexity index is 619. The van der Waals surface area contributed by atoms with E-state index in [1.54, 1.807) is 25.1 Å². The average Bonchev–Trinajstić information content (AvgIpc) is 2.92. The Balaban J connectivity index is 2.08. The van der Waals surface area contributed by atoms with Crippen molar-refractivity contribution in [1.82, 2.24) is 0 Å². The van der Waals surface area contributed by atoms with Crippen LogP contribution in [-0.2, 0) is 22.6 Å². The molecule has 0 radical (unpaired) electrons. The first-order valence-electron chi connectivity index (χ1n) is 7.49. The zero-order valence-electron chi connectivity index (χ0n) is 13.6. The smallest absolute Gasteiger partial charge is 0.310 e. The van der Waals surface area contributed by atoms with Crippen molar-refractivity contribution in [1.29, 1.82) is 0 Å². The summed E-state index contributed by atoms with van der Waals surface area (Å²) in [5.41, 5.74) is 0.444. The third-order valence-corrected chi connectivity index (χ3v) is 5.87. The SMILES string of the molecule is C=CCc1cc(Cl)c(COC(=O)C2C(C)(C)C2(C)CF)c(Cl)c1. The van der Waals surface area contributed by atoms with Gasteiger partial charge in [-0.05, 0) is 29.5 Å². The van der Waals surface area contributed by atoms with Crippen molar-refractivity contribution in [2.45, 2.75) is 33.8 Å². The van der Waals surface area contributed by atoms with E-state index in [1.165, 1.54) is 0 Å². The molecule has 126 valence electrons. The number of allylic oxidation sites excluding steroid dienone is 1. The molecule has 0 spiro atoms. The minimum atomic E-state index is -0.661. The summed E-state index contributed by atoms with van der Waals surface area (Å²) in [4.78, 5) is 12.3. The molecule has 0 heterocycles. The lowest BCUT2D eigenvalue weighted by Gasteiger charge is -2.11. The van der Waals surface area contributed by atoms with Gasteiger partial charge in [0.1, 0.15) is 6.61 Å². The molecular weight excluding hydrogens is 338 g/mol. The van der Waals surface area contributed by atoms with Crippen LogP contribution in [0.2, 0.25) is 10.0 Å². The first-order chi connectivity index (χ1) is 10.7. The number of esters is 1. The standard InChI is InChI=1S/C18H21Cl2FO2/c1-5-6-11-7-13(19)12(14(20)8-11)9-23-16(22)15-17(2,3)18(15,4)10-21/h5,7-8,15H,1,6,9-10H2,2-4H3. The van der Waals surface area contributed by atoms with E-state index < -0.39 is 29.4 Å². The van der Waals surface area contributed by atoms with Crippen molar-refractivity contribution < 1.29 is 13.9 Å². The fourth-order valence-electron chi connectivity index (χ4n) is 3.18. The largest absolute Gasteiger partial charge is 0.460 e. The lowest BCUT2D eigenvalue weighted by molar-refractivity contribution is -0.148. The summed E-state index contributed by atoms with van der Waals surface area (Å²) in [5.74, 6) is -0.852. The minimum Gasteiger partial charge on any atom is -0.460 e. The number of hydrogen-bond acceptors (Lipinski definition) is 2. The van der Waals surface area contributed by atoms with Gasteiger partial charge in [0, 0.05) is 21.0 Å². The number of carbonyl (C=O) groups excluding carboxylic acids is 1. The quantitative estimate of drug-likeness (QED) is 0.502. The van der Waals surface area contributed by atoms with Gasteiger partial charge in [0.25, 0.3) is 0 Å². The van der Waals surface area contributed by atoms with Crippen LogP contribution in [-0.4, -0.2) is 12.6 Å². The molecule has 0 aromatic heterocycles. The number of carbonyl (C=O) groups is 1. The Labute approximate surface area is 146 Å². The Morgan fingerprint density at radius 1 is 1.35 bits per heavy atom. The first-order valence-corrected chi connectivity index (χ1v) is 8.25. The van der Waals surface area contributed by atoms with E-state index in [9.17, 15) is 9.18 Å². The van der Waals surface area contributed by atoms with Crippen LogP contribution in [0.5, 0.6) is 0 Å². The fourth-order valence-corrected chi connectivity index (χ4v) is 3.82. The number of benzene rings is 1. The van der Waals surface area contributed by atoms with E-state index in [-0.39, 0.29) is 6.61 Å². The Kier molecular flexibility index (Phi) is 5.12. The maximum atomic E-state index is 13.2. The van der Waals surface area contributed by atoms with E-state index in [2.05, 4.69) is 6.58 Å². The molecule has 1 fully saturated rings. The van der Waals surface area contributed by atoms with E-state index in [4.69, 9.17) is 27.9 Å². The molecule has 0 bridgehead atoms. The molecule has 2 nitrogen and oxygen atoms in total. The topological polar surface area (TPSA) is 26.3 Å². The average molecular weight is 359 g/mol.